The average Bonchev–Trinajstić information content (AvgIpc) is 2.20. The number of anilines is 1. The summed E-state index contributed by atoms with van der Waals surface area (Å²) in [6, 6.07) is 2.15. The highest BCUT2D eigenvalue weighted by Gasteiger charge is 2.39. The van der Waals surface area contributed by atoms with Gasteiger partial charge < -0.3 is 15.3 Å². The molecule has 0 bridgehead atoms. The summed E-state index contributed by atoms with van der Waals surface area (Å²) in [6.45, 7) is 10.2. The lowest BCUT2D eigenvalue weighted by Gasteiger charge is -2.36. The third kappa shape index (κ3) is 3.26. The fourth-order valence-corrected chi connectivity index (χ4v) is 2.28. The molecule has 0 aliphatic heterocycles. The summed E-state index contributed by atoms with van der Waals surface area (Å²) < 4.78 is 19.5. The summed E-state index contributed by atoms with van der Waals surface area (Å²) in [5.74, 6) is -1.97. The number of benzene rings is 1. The van der Waals surface area contributed by atoms with Crippen LogP contribution in [-0.2, 0) is 0 Å². The summed E-state index contributed by atoms with van der Waals surface area (Å²) >= 11 is 0. The van der Waals surface area contributed by atoms with E-state index in [0.29, 0.717) is 0 Å². The largest absolute Gasteiger partial charge is 0.542 e. The first kappa shape index (κ1) is 15.5. The van der Waals surface area contributed by atoms with E-state index in [1.165, 1.54) is 0 Å². The van der Waals surface area contributed by atoms with Crippen molar-refractivity contribution in [2.75, 3.05) is 5.73 Å². The van der Waals surface area contributed by atoms with Crippen LogP contribution in [0, 0.1) is 5.82 Å². The van der Waals surface area contributed by atoms with Crippen LogP contribution in [-0.4, -0.2) is 19.4 Å². The van der Waals surface area contributed by atoms with Gasteiger partial charge in [-0.05, 0) is 24.2 Å². The van der Waals surface area contributed by atoms with Gasteiger partial charge >= 0.3 is 5.97 Å². The van der Waals surface area contributed by atoms with E-state index in [1.807, 2.05) is 13.1 Å². The Morgan fingerprint density at radius 1 is 1.37 bits per heavy atom. The monoisotopic (exact) mass is 285 g/mol. The number of nitrogen functional groups attached to an aromatic ring is 1. The predicted molar refractivity (Wildman–Crippen MR) is 75.6 cm³/mol. The molecule has 0 saturated heterocycles. The van der Waals surface area contributed by atoms with Crippen molar-refractivity contribution in [2.24, 2.45) is 0 Å². The van der Waals surface area contributed by atoms with Gasteiger partial charge in [-0.15, -0.1) is 0 Å². The van der Waals surface area contributed by atoms with Gasteiger partial charge in [0.15, 0.2) is 0 Å². The number of carboxylic acids is 1. The molecule has 1 aromatic rings. The van der Waals surface area contributed by atoms with Crippen LogP contribution in [0.5, 0.6) is 5.75 Å². The van der Waals surface area contributed by atoms with Crippen LogP contribution in [0.2, 0.25) is 18.1 Å². The predicted octanol–water partition coefficient (Wildman–Crippen LogP) is 3.49. The highest BCUT2D eigenvalue weighted by Crippen LogP contribution is 2.39. The molecule has 6 heteroatoms. The molecule has 4 nitrogen and oxygen atoms in total. The maximum absolute atomic E-state index is 13.7. The van der Waals surface area contributed by atoms with Crippen LogP contribution in [0.25, 0.3) is 0 Å². The van der Waals surface area contributed by atoms with Crippen LogP contribution < -0.4 is 10.2 Å². The molecule has 19 heavy (non-hydrogen) atoms. The summed E-state index contributed by atoms with van der Waals surface area (Å²) in [4.78, 5) is 10.8. The molecule has 0 spiro atoms. The topological polar surface area (TPSA) is 72.5 Å². The van der Waals surface area contributed by atoms with Gasteiger partial charge in [0.05, 0.1) is 11.3 Å². The normalized spacial score (nSPS) is 12.3. The van der Waals surface area contributed by atoms with Crippen LogP contribution in [0.4, 0.5) is 10.1 Å². The van der Waals surface area contributed by atoms with E-state index in [2.05, 4.69) is 20.8 Å². The molecule has 3 N–H and O–H groups in total. The van der Waals surface area contributed by atoms with Gasteiger partial charge in [0, 0.05) is 6.07 Å². The molecule has 0 aliphatic carbocycles. The van der Waals surface area contributed by atoms with Gasteiger partial charge in [-0.1, -0.05) is 20.8 Å². The minimum atomic E-state index is -2.14. The Kier molecular flexibility index (Phi) is 3.95. The minimum absolute atomic E-state index is 0.0542. The zero-order valence-corrected chi connectivity index (χ0v) is 12.9. The highest BCUT2D eigenvalue weighted by molar-refractivity contribution is 6.74. The Morgan fingerprint density at radius 3 is 2.32 bits per heavy atom. The molecule has 0 unspecified atom stereocenters. The van der Waals surface area contributed by atoms with Gasteiger partial charge in [0.25, 0.3) is 8.32 Å². The number of carbonyl (C=O) groups is 1. The van der Waals surface area contributed by atoms with Crippen molar-refractivity contribution < 1.29 is 18.7 Å². The van der Waals surface area contributed by atoms with Crippen LogP contribution in [0.1, 0.15) is 31.1 Å². The highest BCUT2D eigenvalue weighted by atomic mass is 28.4. The first-order valence-electron chi connectivity index (χ1n) is 5.97. The van der Waals surface area contributed by atoms with Gasteiger partial charge in [0.2, 0.25) is 0 Å². The number of nitrogens with two attached hydrogens (primary N) is 1. The lowest BCUT2D eigenvalue weighted by Crippen LogP contribution is -2.44. The second-order valence-corrected chi connectivity index (χ2v) is 10.8. The van der Waals surface area contributed by atoms with Crippen molar-refractivity contribution in [3.05, 3.63) is 23.5 Å². The van der Waals surface area contributed by atoms with E-state index >= 15 is 0 Å². The summed E-state index contributed by atoms with van der Waals surface area (Å²) in [5, 5.41) is 8.76. The summed E-state index contributed by atoms with van der Waals surface area (Å²) in [5.41, 5.74) is 5.44. The van der Waals surface area contributed by atoms with Gasteiger partial charge in [-0.2, -0.15) is 0 Å². The second-order valence-electron chi connectivity index (χ2n) is 6.04. The fraction of sp³-hybridized carbons (Fsp3) is 0.462. The smallest absolute Gasteiger partial charge is 0.338 e. The molecule has 0 aliphatic rings. The van der Waals surface area contributed by atoms with Crippen LogP contribution in [0.15, 0.2) is 12.1 Å². The number of hydrogen-bond donors (Lipinski definition) is 2. The molecule has 106 valence electrons. The Bertz CT molecular complexity index is 509. The number of carboxylic acid groups (broad SMARTS) is 1. The molecule has 0 aromatic heterocycles. The second kappa shape index (κ2) is 4.84. The van der Waals surface area contributed by atoms with E-state index < -0.39 is 25.7 Å². The molecule has 0 amide bonds. The van der Waals surface area contributed by atoms with Gasteiger partial charge in [0.1, 0.15) is 11.6 Å². The Hall–Kier alpha value is -1.56. The van der Waals surface area contributed by atoms with Crippen LogP contribution >= 0.6 is 0 Å². The summed E-state index contributed by atoms with van der Waals surface area (Å²) in [7, 11) is -2.14. The zero-order valence-electron chi connectivity index (χ0n) is 11.9. The van der Waals surface area contributed by atoms with E-state index in [4.69, 9.17) is 15.3 Å². The maximum Gasteiger partial charge on any atom is 0.338 e. The van der Waals surface area contributed by atoms with Crippen molar-refractivity contribution >= 4 is 20.0 Å². The van der Waals surface area contributed by atoms with Crippen LogP contribution in [0.3, 0.4) is 0 Å². The number of aromatic carboxylic acids is 1. The third-order valence-electron chi connectivity index (χ3n) is 3.50. The molecule has 0 heterocycles. The molecular formula is C13H20FNO3Si. The Balaban J connectivity index is 3.18. The molecule has 0 fully saturated rings. The van der Waals surface area contributed by atoms with E-state index in [-0.39, 0.29) is 16.5 Å². The standard InChI is InChI=1S/C13H20FNO3Si/c1-13(2,3)19(4,5)18-11-7-9(14)8(12(16)17)6-10(11)15/h6-7H,15H2,1-5H3,(H,16,17). The van der Waals surface area contributed by atoms with Crippen molar-refractivity contribution in [3.63, 3.8) is 0 Å². The molecular weight excluding hydrogens is 265 g/mol. The van der Waals surface area contributed by atoms with E-state index in [9.17, 15) is 9.18 Å². The lowest BCUT2D eigenvalue weighted by atomic mass is 10.2. The number of rotatable bonds is 3. The number of halogens is 1. The van der Waals surface area contributed by atoms with Gasteiger partial charge in [-0.3, -0.25) is 0 Å². The SMILES string of the molecule is CC(C)(C)[Si](C)(C)Oc1cc(F)c(C(=O)O)cc1N. The van der Waals surface area contributed by atoms with E-state index in [0.717, 1.165) is 12.1 Å². The summed E-state index contributed by atoms with van der Waals surface area (Å²) in [6.07, 6.45) is 0. The molecule has 1 rings (SSSR count). The van der Waals surface area contributed by atoms with E-state index in [1.54, 1.807) is 0 Å². The maximum atomic E-state index is 13.7. The Morgan fingerprint density at radius 2 is 1.89 bits per heavy atom. The first-order valence-corrected chi connectivity index (χ1v) is 8.88. The zero-order chi connectivity index (χ0) is 15.0. The third-order valence-corrected chi connectivity index (χ3v) is 7.84. The molecule has 0 atom stereocenters. The first-order chi connectivity index (χ1) is 8.45. The average molecular weight is 285 g/mol. The van der Waals surface area contributed by atoms with Crippen molar-refractivity contribution in [1.29, 1.82) is 0 Å². The quantitative estimate of drug-likeness (QED) is 0.658. The van der Waals surface area contributed by atoms with Crippen molar-refractivity contribution in [1.82, 2.24) is 0 Å². The lowest BCUT2D eigenvalue weighted by molar-refractivity contribution is 0.0692. The minimum Gasteiger partial charge on any atom is -0.542 e. The van der Waals surface area contributed by atoms with Crippen molar-refractivity contribution in [3.8, 4) is 5.75 Å². The Labute approximate surface area is 113 Å². The molecule has 0 saturated carbocycles. The number of hydrogen-bond acceptors (Lipinski definition) is 3. The van der Waals surface area contributed by atoms with Gasteiger partial charge in [-0.25, -0.2) is 9.18 Å². The molecule has 1 aromatic carbocycles. The fourth-order valence-electron chi connectivity index (χ4n) is 1.25. The molecule has 0 radical (unpaired) electrons. The van der Waals surface area contributed by atoms with Crippen molar-refractivity contribution in [2.45, 2.75) is 38.9 Å².